The topological polar surface area (TPSA) is 15.3 Å². The van der Waals surface area contributed by atoms with Gasteiger partial charge in [0.05, 0.1) is 0 Å². The SMILES string of the molecule is CCCCN(c1ccccc1)C(CC)CNCC. The van der Waals surface area contributed by atoms with Gasteiger partial charge in [-0.25, -0.2) is 0 Å². The van der Waals surface area contributed by atoms with Crippen LogP contribution in [0.2, 0.25) is 0 Å². The highest BCUT2D eigenvalue weighted by molar-refractivity contribution is 5.47. The van der Waals surface area contributed by atoms with Gasteiger partial charge in [0.25, 0.3) is 0 Å². The zero-order chi connectivity index (χ0) is 13.2. The molecular weight excluding hydrogens is 220 g/mol. The van der Waals surface area contributed by atoms with Gasteiger partial charge in [-0.3, -0.25) is 0 Å². The zero-order valence-electron chi connectivity index (χ0n) is 12.2. The Hall–Kier alpha value is -1.02. The summed E-state index contributed by atoms with van der Waals surface area (Å²) in [6.07, 6.45) is 3.70. The van der Waals surface area contributed by atoms with Crippen LogP contribution >= 0.6 is 0 Å². The van der Waals surface area contributed by atoms with Crippen LogP contribution in [0.1, 0.15) is 40.0 Å². The molecule has 0 aliphatic heterocycles. The van der Waals surface area contributed by atoms with Gasteiger partial charge in [0.1, 0.15) is 0 Å². The van der Waals surface area contributed by atoms with Crippen LogP contribution in [-0.2, 0) is 0 Å². The Morgan fingerprint density at radius 2 is 1.83 bits per heavy atom. The number of hydrogen-bond donors (Lipinski definition) is 1. The van der Waals surface area contributed by atoms with Crippen molar-refractivity contribution >= 4 is 5.69 Å². The number of nitrogens with zero attached hydrogens (tertiary/aromatic N) is 1. The molecule has 0 saturated carbocycles. The first-order chi connectivity index (χ1) is 8.83. The summed E-state index contributed by atoms with van der Waals surface area (Å²) in [6, 6.07) is 11.4. The molecule has 1 unspecified atom stereocenters. The highest BCUT2D eigenvalue weighted by Crippen LogP contribution is 2.18. The molecule has 0 aromatic heterocycles. The van der Waals surface area contributed by atoms with E-state index >= 15 is 0 Å². The Morgan fingerprint density at radius 3 is 2.39 bits per heavy atom. The molecule has 1 atom stereocenters. The maximum Gasteiger partial charge on any atom is 0.0411 e. The van der Waals surface area contributed by atoms with Crippen molar-refractivity contribution in [3.63, 3.8) is 0 Å². The van der Waals surface area contributed by atoms with Gasteiger partial charge in [-0.2, -0.15) is 0 Å². The molecule has 1 aromatic carbocycles. The fourth-order valence-corrected chi connectivity index (χ4v) is 2.26. The summed E-state index contributed by atoms with van der Waals surface area (Å²) in [5.74, 6) is 0. The second kappa shape index (κ2) is 8.98. The maximum atomic E-state index is 3.48. The number of benzene rings is 1. The second-order valence-corrected chi connectivity index (χ2v) is 4.75. The first-order valence-electron chi connectivity index (χ1n) is 7.35. The minimum atomic E-state index is 0.596. The van der Waals surface area contributed by atoms with Crippen LogP contribution in [0, 0.1) is 0 Å². The Bertz CT molecular complexity index is 297. The number of nitrogens with one attached hydrogen (secondary N) is 1. The fourth-order valence-electron chi connectivity index (χ4n) is 2.26. The molecule has 2 nitrogen and oxygen atoms in total. The molecular formula is C16H28N2. The lowest BCUT2D eigenvalue weighted by Gasteiger charge is -2.33. The van der Waals surface area contributed by atoms with Gasteiger partial charge in [0.15, 0.2) is 0 Å². The molecule has 18 heavy (non-hydrogen) atoms. The van der Waals surface area contributed by atoms with Gasteiger partial charge < -0.3 is 10.2 Å². The monoisotopic (exact) mass is 248 g/mol. The molecule has 1 N–H and O–H groups in total. The van der Waals surface area contributed by atoms with E-state index in [1.54, 1.807) is 0 Å². The maximum absolute atomic E-state index is 3.48. The summed E-state index contributed by atoms with van der Waals surface area (Å²) in [7, 11) is 0. The van der Waals surface area contributed by atoms with E-state index in [2.05, 4.69) is 61.3 Å². The van der Waals surface area contributed by atoms with Crippen LogP contribution in [0.5, 0.6) is 0 Å². The lowest BCUT2D eigenvalue weighted by molar-refractivity contribution is 0.519. The van der Waals surface area contributed by atoms with Crippen molar-refractivity contribution in [2.75, 3.05) is 24.5 Å². The van der Waals surface area contributed by atoms with Gasteiger partial charge in [0.2, 0.25) is 0 Å². The van der Waals surface area contributed by atoms with E-state index in [0.29, 0.717) is 6.04 Å². The number of hydrogen-bond acceptors (Lipinski definition) is 2. The summed E-state index contributed by atoms with van der Waals surface area (Å²) in [4.78, 5) is 2.56. The van der Waals surface area contributed by atoms with Gasteiger partial charge in [0, 0.05) is 24.8 Å². The van der Waals surface area contributed by atoms with E-state index in [0.717, 1.165) is 19.6 Å². The minimum Gasteiger partial charge on any atom is -0.367 e. The number of unbranched alkanes of at least 4 members (excludes halogenated alkanes) is 1. The minimum absolute atomic E-state index is 0.596. The zero-order valence-corrected chi connectivity index (χ0v) is 12.2. The molecule has 2 heteroatoms. The predicted octanol–water partition coefficient (Wildman–Crippen LogP) is 3.68. The summed E-state index contributed by atoms with van der Waals surface area (Å²) in [6.45, 7) is 9.99. The van der Waals surface area contributed by atoms with Gasteiger partial charge >= 0.3 is 0 Å². The lowest BCUT2D eigenvalue weighted by atomic mass is 10.1. The number of para-hydroxylation sites is 1. The summed E-state index contributed by atoms with van der Waals surface area (Å²) < 4.78 is 0. The molecule has 0 bridgehead atoms. The molecule has 1 aromatic rings. The van der Waals surface area contributed by atoms with Crippen molar-refractivity contribution in [2.24, 2.45) is 0 Å². The molecule has 1 rings (SSSR count). The Labute approximate surface area is 112 Å². The molecule has 0 fully saturated rings. The number of likely N-dealkylation sites (N-methyl/N-ethyl adjacent to an activating group) is 1. The van der Waals surface area contributed by atoms with E-state index in [1.807, 2.05) is 0 Å². The normalized spacial score (nSPS) is 12.4. The molecule has 0 aliphatic rings. The summed E-state index contributed by atoms with van der Waals surface area (Å²) in [5, 5.41) is 3.48. The van der Waals surface area contributed by atoms with Gasteiger partial charge in [-0.15, -0.1) is 0 Å². The first-order valence-corrected chi connectivity index (χ1v) is 7.35. The lowest BCUT2D eigenvalue weighted by Crippen LogP contribution is -2.42. The molecule has 0 heterocycles. The quantitative estimate of drug-likeness (QED) is 0.717. The number of rotatable bonds is 9. The van der Waals surface area contributed by atoms with E-state index in [4.69, 9.17) is 0 Å². The highest BCUT2D eigenvalue weighted by atomic mass is 15.2. The Morgan fingerprint density at radius 1 is 1.11 bits per heavy atom. The van der Waals surface area contributed by atoms with E-state index < -0.39 is 0 Å². The Kier molecular flexibility index (Phi) is 7.51. The van der Waals surface area contributed by atoms with E-state index in [9.17, 15) is 0 Å². The van der Waals surface area contributed by atoms with Crippen molar-refractivity contribution in [3.05, 3.63) is 30.3 Å². The fraction of sp³-hybridized carbons (Fsp3) is 0.625. The molecule has 0 aliphatic carbocycles. The van der Waals surface area contributed by atoms with Gasteiger partial charge in [-0.05, 0) is 31.5 Å². The smallest absolute Gasteiger partial charge is 0.0411 e. The van der Waals surface area contributed by atoms with Crippen LogP contribution in [0.25, 0.3) is 0 Å². The van der Waals surface area contributed by atoms with E-state index in [1.165, 1.54) is 24.9 Å². The summed E-state index contributed by atoms with van der Waals surface area (Å²) in [5.41, 5.74) is 1.36. The molecule has 0 saturated heterocycles. The molecule has 0 spiro atoms. The van der Waals surface area contributed by atoms with Crippen molar-refractivity contribution in [1.82, 2.24) is 5.32 Å². The average molecular weight is 248 g/mol. The van der Waals surface area contributed by atoms with Crippen LogP contribution in [0.4, 0.5) is 5.69 Å². The average Bonchev–Trinajstić information content (AvgIpc) is 2.43. The third-order valence-corrected chi connectivity index (χ3v) is 3.38. The molecule has 0 radical (unpaired) electrons. The van der Waals surface area contributed by atoms with Crippen molar-refractivity contribution < 1.29 is 0 Å². The predicted molar refractivity (Wildman–Crippen MR) is 81.3 cm³/mol. The second-order valence-electron chi connectivity index (χ2n) is 4.75. The highest BCUT2D eigenvalue weighted by Gasteiger charge is 2.15. The van der Waals surface area contributed by atoms with Crippen LogP contribution in [0.15, 0.2) is 30.3 Å². The molecule has 0 amide bonds. The van der Waals surface area contributed by atoms with Crippen LogP contribution in [-0.4, -0.2) is 25.7 Å². The number of anilines is 1. The standard InChI is InChI=1S/C16H28N2/c1-4-7-13-18(15(5-2)14-17-6-3)16-11-9-8-10-12-16/h8-12,15,17H,4-7,13-14H2,1-3H3. The van der Waals surface area contributed by atoms with Crippen molar-refractivity contribution in [3.8, 4) is 0 Å². The van der Waals surface area contributed by atoms with Gasteiger partial charge in [-0.1, -0.05) is 45.4 Å². The van der Waals surface area contributed by atoms with E-state index in [-0.39, 0.29) is 0 Å². The largest absolute Gasteiger partial charge is 0.367 e. The third kappa shape index (κ3) is 4.69. The van der Waals surface area contributed by atoms with Crippen LogP contribution in [0.3, 0.4) is 0 Å². The first kappa shape index (κ1) is 15.0. The van der Waals surface area contributed by atoms with Crippen molar-refractivity contribution in [1.29, 1.82) is 0 Å². The Balaban J connectivity index is 2.75. The molecule has 102 valence electrons. The van der Waals surface area contributed by atoms with Crippen molar-refractivity contribution in [2.45, 2.75) is 46.1 Å². The summed E-state index contributed by atoms with van der Waals surface area (Å²) >= 11 is 0. The third-order valence-electron chi connectivity index (χ3n) is 3.38. The van der Waals surface area contributed by atoms with Crippen LogP contribution < -0.4 is 10.2 Å².